The number of nitrogens with one attached hydrogen (secondary N) is 1. The fourth-order valence-electron chi connectivity index (χ4n) is 1.99. The number of esters is 1. The van der Waals surface area contributed by atoms with Gasteiger partial charge in [0.2, 0.25) is 0 Å². The van der Waals surface area contributed by atoms with Gasteiger partial charge in [0.25, 0.3) is 0 Å². The van der Waals surface area contributed by atoms with Crippen molar-refractivity contribution in [2.45, 2.75) is 6.42 Å². The monoisotopic (exact) mass is 281 g/mol. The van der Waals surface area contributed by atoms with E-state index >= 15 is 0 Å². The van der Waals surface area contributed by atoms with Crippen molar-refractivity contribution in [2.24, 2.45) is 0 Å². The fourth-order valence-corrected chi connectivity index (χ4v) is 1.99. The van der Waals surface area contributed by atoms with Gasteiger partial charge in [-0.1, -0.05) is 18.2 Å². The van der Waals surface area contributed by atoms with Crippen molar-refractivity contribution in [2.75, 3.05) is 11.9 Å². The molecule has 0 spiro atoms. The normalized spacial score (nSPS) is 15.8. The summed E-state index contributed by atoms with van der Waals surface area (Å²) in [5.41, 5.74) is 1.56. The quantitative estimate of drug-likeness (QED) is 0.685. The summed E-state index contributed by atoms with van der Waals surface area (Å²) in [4.78, 5) is 11.3. The highest BCUT2D eigenvalue weighted by Gasteiger charge is 2.17. The number of carbonyl (C=O) groups is 1. The molecule has 1 saturated heterocycles. The van der Waals surface area contributed by atoms with Crippen LogP contribution in [0.15, 0.2) is 66.4 Å². The highest BCUT2D eigenvalue weighted by atomic mass is 16.5. The van der Waals surface area contributed by atoms with E-state index in [2.05, 4.69) is 5.32 Å². The minimum absolute atomic E-state index is 0.244. The summed E-state index contributed by atoms with van der Waals surface area (Å²) >= 11 is 0. The molecule has 1 aliphatic heterocycles. The molecule has 0 aromatic heterocycles. The highest BCUT2D eigenvalue weighted by Crippen LogP contribution is 2.23. The lowest BCUT2D eigenvalue weighted by Gasteiger charge is -2.06. The highest BCUT2D eigenvalue weighted by molar-refractivity contribution is 5.90. The Morgan fingerprint density at radius 3 is 2.38 bits per heavy atom. The smallest absolute Gasteiger partial charge is 0.335 e. The van der Waals surface area contributed by atoms with Gasteiger partial charge >= 0.3 is 5.97 Å². The van der Waals surface area contributed by atoms with Gasteiger partial charge in [0.15, 0.2) is 0 Å². The van der Waals surface area contributed by atoms with E-state index in [1.165, 1.54) is 0 Å². The van der Waals surface area contributed by atoms with Crippen LogP contribution in [-0.4, -0.2) is 12.6 Å². The molecule has 1 heterocycles. The van der Waals surface area contributed by atoms with E-state index in [4.69, 9.17) is 9.47 Å². The van der Waals surface area contributed by atoms with E-state index in [1.807, 2.05) is 54.6 Å². The number of cyclic esters (lactones) is 1. The Morgan fingerprint density at radius 2 is 1.71 bits per heavy atom. The molecule has 0 radical (unpaired) electrons. The third-order valence-corrected chi connectivity index (χ3v) is 3.11. The molecule has 3 rings (SSSR count). The van der Waals surface area contributed by atoms with Crippen LogP contribution < -0.4 is 10.1 Å². The number of anilines is 1. The summed E-state index contributed by atoms with van der Waals surface area (Å²) < 4.78 is 10.6. The Hall–Kier alpha value is -2.75. The standard InChI is InChI=1S/C17H15NO3/c19-17-13(10-11-20-17)12-18-14-6-8-16(9-7-14)21-15-4-2-1-3-5-15/h1-9,12,18H,10-11H2. The molecular formula is C17H15NO3. The van der Waals surface area contributed by atoms with Crippen LogP contribution in [0.1, 0.15) is 6.42 Å². The first-order valence-corrected chi connectivity index (χ1v) is 6.77. The molecule has 21 heavy (non-hydrogen) atoms. The van der Waals surface area contributed by atoms with Crippen molar-refractivity contribution in [3.63, 3.8) is 0 Å². The Balaban J connectivity index is 1.63. The molecule has 1 fully saturated rings. The second-order valence-corrected chi connectivity index (χ2v) is 4.64. The van der Waals surface area contributed by atoms with Crippen LogP contribution in [-0.2, 0) is 9.53 Å². The van der Waals surface area contributed by atoms with Crippen LogP contribution >= 0.6 is 0 Å². The van der Waals surface area contributed by atoms with Crippen LogP contribution in [0.4, 0.5) is 5.69 Å². The topological polar surface area (TPSA) is 47.6 Å². The number of para-hydroxylation sites is 1. The number of ether oxygens (including phenoxy) is 2. The third kappa shape index (κ3) is 3.42. The summed E-state index contributed by atoms with van der Waals surface area (Å²) in [7, 11) is 0. The summed E-state index contributed by atoms with van der Waals surface area (Å²) in [6.45, 7) is 0.468. The van der Waals surface area contributed by atoms with Crippen molar-refractivity contribution in [3.05, 3.63) is 66.4 Å². The van der Waals surface area contributed by atoms with Crippen LogP contribution in [0.3, 0.4) is 0 Å². The first-order valence-electron chi connectivity index (χ1n) is 6.77. The van der Waals surface area contributed by atoms with E-state index in [-0.39, 0.29) is 5.97 Å². The molecule has 0 amide bonds. The number of carbonyl (C=O) groups excluding carboxylic acids is 1. The predicted molar refractivity (Wildman–Crippen MR) is 80.2 cm³/mol. The van der Waals surface area contributed by atoms with Gasteiger partial charge in [-0.2, -0.15) is 0 Å². The zero-order chi connectivity index (χ0) is 14.5. The molecule has 1 aliphatic rings. The van der Waals surface area contributed by atoms with Gasteiger partial charge in [-0.25, -0.2) is 4.79 Å². The van der Waals surface area contributed by atoms with Crippen LogP contribution in [0.25, 0.3) is 0 Å². The van der Waals surface area contributed by atoms with Gasteiger partial charge in [0.1, 0.15) is 11.5 Å². The summed E-state index contributed by atoms with van der Waals surface area (Å²) in [5.74, 6) is 1.32. The average molecular weight is 281 g/mol. The maximum absolute atomic E-state index is 11.3. The first-order chi connectivity index (χ1) is 10.3. The molecule has 4 nitrogen and oxygen atoms in total. The summed E-state index contributed by atoms with van der Waals surface area (Å²) in [6.07, 6.45) is 2.35. The van der Waals surface area contributed by atoms with Crippen molar-refractivity contribution in [3.8, 4) is 11.5 Å². The van der Waals surface area contributed by atoms with E-state index in [9.17, 15) is 4.79 Å². The summed E-state index contributed by atoms with van der Waals surface area (Å²) in [5, 5.41) is 3.09. The van der Waals surface area contributed by atoms with Crippen molar-refractivity contribution < 1.29 is 14.3 Å². The molecule has 2 aromatic carbocycles. The molecule has 0 unspecified atom stereocenters. The average Bonchev–Trinajstić information content (AvgIpc) is 2.93. The minimum atomic E-state index is -0.244. The lowest BCUT2D eigenvalue weighted by molar-refractivity contribution is -0.135. The molecule has 0 saturated carbocycles. The molecule has 0 atom stereocenters. The van der Waals surface area contributed by atoms with E-state index in [0.717, 1.165) is 17.2 Å². The number of hydrogen-bond acceptors (Lipinski definition) is 4. The SMILES string of the molecule is O=C1OCCC1=CNc1ccc(Oc2ccccc2)cc1. The third-order valence-electron chi connectivity index (χ3n) is 3.11. The van der Waals surface area contributed by atoms with Crippen molar-refractivity contribution in [1.29, 1.82) is 0 Å². The Bertz CT molecular complexity index is 647. The molecule has 0 aliphatic carbocycles. The minimum Gasteiger partial charge on any atom is -0.462 e. The second-order valence-electron chi connectivity index (χ2n) is 4.64. The molecule has 106 valence electrons. The van der Waals surface area contributed by atoms with Crippen molar-refractivity contribution >= 4 is 11.7 Å². The Labute approximate surface area is 123 Å². The molecule has 4 heteroatoms. The first kappa shape index (κ1) is 13.2. The molecular weight excluding hydrogens is 266 g/mol. The van der Waals surface area contributed by atoms with Gasteiger partial charge in [-0.3, -0.25) is 0 Å². The maximum atomic E-state index is 11.3. The second kappa shape index (κ2) is 6.13. The van der Waals surface area contributed by atoms with Gasteiger partial charge in [-0.15, -0.1) is 0 Å². The zero-order valence-electron chi connectivity index (χ0n) is 11.4. The van der Waals surface area contributed by atoms with Gasteiger partial charge in [-0.05, 0) is 36.4 Å². The van der Waals surface area contributed by atoms with Gasteiger partial charge in [0, 0.05) is 18.3 Å². The molecule has 1 N–H and O–H groups in total. The van der Waals surface area contributed by atoms with E-state index < -0.39 is 0 Å². The fraction of sp³-hybridized carbons (Fsp3) is 0.118. The maximum Gasteiger partial charge on any atom is 0.335 e. The lowest BCUT2D eigenvalue weighted by atomic mass is 10.2. The Morgan fingerprint density at radius 1 is 1.00 bits per heavy atom. The van der Waals surface area contributed by atoms with Gasteiger partial charge < -0.3 is 14.8 Å². The number of rotatable bonds is 4. The van der Waals surface area contributed by atoms with Gasteiger partial charge in [0.05, 0.1) is 12.2 Å². The van der Waals surface area contributed by atoms with Crippen LogP contribution in [0.5, 0.6) is 11.5 Å². The van der Waals surface area contributed by atoms with E-state index in [1.54, 1.807) is 6.20 Å². The van der Waals surface area contributed by atoms with Crippen LogP contribution in [0.2, 0.25) is 0 Å². The predicted octanol–water partition coefficient (Wildman–Crippen LogP) is 3.72. The molecule has 2 aromatic rings. The lowest BCUT2D eigenvalue weighted by Crippen LogP contribution is -1.98. The number of benzene rings is 2. The number of hydrogen-bond donors (Lipinski definition) is 1. The van der Waals surface area contributed by atoms with Crippen LogP contribution in [0, 0.1) is 0 Å². The Kier molecular flexibility index (Phi) is 3.87. The summed E-state index contributed by atoms with van der Waals surface area (Å²) in [6, 6.07) is 17.2. The largest absolute Gasteiger partial charge is 0.462 e. The van der Waals surface area contributed by atoms with Crippen molar-refractivity contribution in [1.82, 2.24) is 0 Å². The zero-order valence-corrected chi connectivity index (χ0v) is 11.4. The molecule has 0 bridgehead atoms. The van der Waals surface area contributed by atoms with E-state index in [0.29, 0.717) is 18.6 Å².